The molecule has 1 N–H and O–H groups in total. The minimum Gasteiger partial charge on any atom is -0.497 e. The van der Waals surface area contributed by atoms with Crippen LogP contribution >= 0.6 is 23.2 Å². The second-order valence-electron chi connectivity index (χ2n) is 10.1. The monoisotopic (exact) mass is 649 g/mol. The van der Waals surface area contributed by atoms with Crippen molar-refractivity contribution in [3.63, 3.8) is 0 Å². The normalized spacial score (nSPS) is 12.7. The highest BCUT2D eigenvalue weighted by atomic mass is 35.5. The Hall–Kier alpha value is -3.47. The summed E-state index contributed by atoms with van der Waals surface area (Å²) in [7, 11) is -1.45. The zero-order valence-electron chi connectivity index (χ0n) is 25.1. The Morgan fingerprint density at radius 2 is 1.63 bits per heavy atom. The molecule has 3 aromatic carbocycles. The first kappa shape index (κ1) is 34.0. The Labute approximate surface area is 263 Å². The Morgan fingerprint density at radius 3 is 2.21 bits per heavy atom. The van der Waals surface area contributed by atoms with Crippen molar-refractivity contribution in [3.05, 3.63) is 81.8 Å². The van der Waals surface area contributed by atoms with Crippen LogP contribution in [0.15, 0.2) is 65.6 Å². The standard InChI is InChI=1S/C31H37Cl2N3O6S/c1-7-21(3)34-31(38)22(4)35(18-23-10-11-24(32)16-27(23)33)30(37)19-36(28-17-25(41-5)12-15-29(28)42-6)43(39,40)26-13-8-20(2)9-14-26/h8-17,21-22H,7,18-19H2,1-6H3,(H,34,38). The summed E-state index contributed by atoms with van der Waals surface area (Å²) in [6, 6.07) is 14.7. The van der Waals surface area contributed by atoms with Gasteiger partial charge in [0.2, 0.25) is 11.8 Å². The molecule has 0 aromatic heterocycles. The number of nitrogens with zero attached hydrogens (tertiary/aromatic N) is 2. The number of halogens is 2. The second kappa shape index (κ2) is 14.8. The number of amides is 2. The summed E-state index contributed by atoms with van der Waals surface area (Å²) >= 11 is 12.5. The van der Waals surface area contributed by atoms with Gasteiger partial charge in [0.1, 0.15) is 24.1 Å². The van der Waals surface area contributed by atoms with Crippen LogP contribution in [0.25, 0.3) is 0 Å². The van der Waals surface area contributed by atoms with E-state index < -0.39 is 28.5 Å². The number of methoxy groups -OCH3 is 2. The molecule has 2 atom stereocenters. The third-order valence-electron chi connectivity index (χ3n) is 7.07. The van der Waals surface area contributed by atoms with Gasteiger partial charge in [-0.05, 0) is 69.2 Å². The maximum absolute atomic E-state index is 14.2. The Kier molecular flexibility index (Phi) is 11.7. The molecule has 12 heteroatoms. The summed E-state index contributed by atoms with van der Waals surface area (Å²) in [5.41, 5.74) is 1.50. The van der Waals surface area contributed by atoms with E-state index in [1.54, 1.807) is 49.4 Å². The third-order valence-corrected chi connectivity index (χ3v) is 9.43. The van der Waals surface area contributed by atoms with Gasteiger partial charge in [-0.25, -0.2) is 8.42 Å². The number of carbonyl (C=O) groups is 2. The van der Waals surface area contributed by atoms with E-state index in [1.165, 1.54) is 37.3 Å². The highest BCUT2D eigenvalue weighted by molar-refractivity contribution is 7.92. The van der Waals surface area contributed by atoms with E-state index in [9.17, 15) is 18.0 Å². The van der Waals surface area contributed by atoms with E-state index in [1.807, 2.05) is 20.8 Å². The van der Waals surface area contributed by atoms with Gasteiger partial charge < -0.3 is 19.7 Å². The van der Waals surface area contributed by atoms with Crippen molar-refractivity contribution in [2.45, 2.75) is 57.6 Å². The molecular weight excluding hydrogens is 613 g/mol. The highest BCUT2D eigenvalue weighted by Gasteiger charge is 2.34. The Morgan fingerprint density at radius 1 is 0.953 bits per heavy atom. The van der Waals surface area contributed by atoms with Gasteiger partial charge in [0.25, 0.3) is 10.0 Å². The number of sulfonamides is 1. The summed E-state index contributed by atoms with van der Waals surface area (Å²) < 4.78 is 40.1. The fraction of sp³-hybridized carbons (Fsp3) is 0.355. The molecule has 0 bridgehead atoms. The molecule has 0 spiro atoms. The van der Waals surface area contributed by atoms with Crippen molar-refractivity contribution in [2.24, 2.45) is 0 Å². The van der Waals surface area contributed by atoms with E-state index >= 15 is 0 Å². The van der Waals surface area contributed by atoms with E-state index in [4.69, 9.17) is 32.7 Å². The van der Waals surface area contributed by atoms with E-state index in [0.717, 1.165) is 9.87 Å². The first-order valence-electron chi connectivity index (χ1n) is 13.7. The first-order valence-corrected chi connectivity index (χ1v) is 15.9. The molecule has 2 unspecified atom stereocenters. The minimum absolute atomic E-state index is 0.0226. The quantitative estimate of drug-likeness (QED) is 0.249. The van der Waals surface area contributed by atoms with Crippen LogP contribution in [0, 0.1) is 6.92 Å². The Bertz CT molecular complexity index is 1550. The van der Waals surface area contributed by atoms with Crippen LogP contribution in [-0.2, 0) is 26.2 Å². The van der Waals surface area contributed by atoms with Crippen LogP contribution in [0.2, 0.25) is 10.0 Å². The van der Waals surface area contributed by atoms with E-state index in [0.29, 0.717) is 27.8 Å². The molecule has 0 saturated heterocycles. The number of aryl methyl sites for hydroxylation is 1. The van der Waals surface area contributed by atoms with Gasteiger partial charge in [0.15, 0.2) is 0 Å². The maximum atomic E-state index is 14.2. The minimum atomic E-state index is -4.31. The van der Waals surface area contributed by atoms with Crippen LogP contribution < -0.4 is 19.1 Å². The summed E-state index contributed by atoms with van der Waals surface area (Å²) in [5, 5.41) is 3.61. The lowest BCUT2D eigenvalue weighted by atomic mass is 10.1. The molecule has 0 heterocycles. The fourth-order valence-corrected chi connectivity index (χ4v) is 6.11. The second-order valence-corrected chi connectivity index (χ2v) is 12.8. The molecule has 2 amide bonds. The fourth-order valence-electron chi connectivity index (χ4n) is 4.22. The largest absolute Gasteiger partial charge is 0.497 e. The average Bonchev–Trinajstić information content (AvgIpc) is 2.98. The lowest BCUT2D eigenvalue weighted by Crippen LogP contribution is -2.52. The first-order chi connectivity index (χ1) is 20.3. The smallest absolute Gasteiger partial charge is 0.264 e. The van der Waals surface area contributed by atoms with Gasteiger partial charge in [-0.15, -0.1) is 0 Å². The van der Waals surface area contributed by atoms with Crippen molar-refractivity contribution in [1.29, 1.82) is 0 Å². The van der Waals surface area contributed by atoms with Crippen LogP contribution in [0.1, 0.15) is 38.3 Å². The zero-order chi connectivity index (χ0) is 31.9. The van der Waals surface area contributed by atoms with Gasteiger partial charge in [0.05, 0.1) is 24.8 Å². The molecule has 0 fully saturated rings. The number of rotatable bonds is 13. The predicted octanol–water partition coefficient (Wildman–Crippen LogP) is 5.85. The summed E-state index contributed by atoms with van der Waals surface area (Å²) in [4.78, 5) is 28.7. The molecule has 43 heavy (non-hydrogen) atoms. The SMILES string of the molecule is CCC(C)NC(=O)C(C)N(Cc1ccc(Cl)cc1Cl)C(=O)CN(c1cc(OC)ccc1OC)S(=O)(=O)c1ccc(C)cc1. The number of nitrogens with one attached hydrogen (secondary N) is 1. The van der Waals surface area contributed by atoms with Gasteiger partial charge >= 0.3 is 0 Å². The third kappa shape index (κ3) is 8.34. The molecule has 232 valence electrons. The number of benzene rings is 3. The number of carbonyl (C=O) groups excluding carboxylic acids is 2. The van der Waals surface area contributed by atoms with Crippen molar-refractivity contribution < 1.29 is 27.5 Å². The van der Waals surface area contributed by atoms with Gasteiger partial charge in [0, 0.05) is 28.7 Å². The molecule has 0 aliphatic heterocycles. The number of anilines is 1. The zero-order valence-corrected chi connectivity index (χ0v) is 27.4. The predicted molar refractivity (Wildman–Crippen MR) is 170 cm³/mol. The van der Waals surface area contributed by atoms with Crippen molar-refractivity contribution in [3.8, 4) is 11.5 Å². The lowest BCUT2D eigenvalue weighted by molar-refractivity contribution is -0.139. The lowest BCUT2D eigenvalue weighted by Gasteiger charge is -2.33. The van der Waals surface area contributed by atoms with Crippen molar-refractivity contribution >= 4 is 50.7 Å². The molecule has 0 saturated carbocycles. The van der Waals surface area contributed by atoms with E-state index in [-0.39, 0.29) is 34.8 Å². The van der Waals surface area contributed by atoms with Gasteiger partial charge in [-0.2, -0.15) is 0 Å². The van der Waals surface area contributed by atoms with Crippen LogP contribution in [0.5, 0.6) is 11.5 Å². The number of ether oxygens (including phenoxy) is 2. The maximum Gasteiger partial charge on any atom is 0.264 e. The van der Waals surface area contributed by atoms with Crippen LogP contribution in [-0.4, -0.2) is 58.0 Å². The van der Waals surface area contributed by atoms with E-state index in [2.05, 4.69) is 5.32 Å². The highest BCUT2D eigenvalue weighted by Crippen LogP contribution is 2.36. The number of hydrogen-bond donors (Lipinski definition) is 1. The summed E-state index contributed by atoms with van der Waals surface area (Å²) in [5.74, 6) is -0.462. The Balaban J connectivity index is 2.14. The van der Waals surface area contributed by atoms with Crippen LogP contribution in [0.3, 0.4) is 0 Å². The molecular formula is C31H37Cl2N3O6S. The molecule has 3 aromatic rings. The molecule has 0 aliphatic carbocycles. The van der Waals surface area contributed by atoms with Gasteiger partial charge in [-0.1, -0.05) is 53.9 Å². The van der Waals surface area contributed by atoms with Gasteiger partial charge in [-0.3, -0.25) is 13.9 Å². The summed E-state index contributed by atoms with van der Waals surface area (Å²) in [6.07, 6.45) is 0.688. The molecule has 0 aliphatic rings. The molecule has 0 radical (unpaired) electrons. The number of hydrogen-bond acceptors (Lipinski definition) is 6. The molecule has 9 nitrogen and oxygen atoms in total. The average molecular weight is 651 g/mol. The topological polar surface area (TPSA) is 105 Å². The van der Waals surface area contributed by atoms with Crippen LogP contribution in [0.4, 0.5) is 5.69 Å². The van der Waals surface area contributed by atoms with Crippen molar-refractivity contribution in [1.82, 2.24) is 10.2 Å². The summed E-state index contributed by atoms with van der Waals surface area (Å²) in [6.45, 7) is 6.50. The molecule has 3 rings (SSSR count). The van der Waals surface area contributed by atoms with Crippen molar-refractivity contribution in [2.75, 3.05) is 25.1 Å².